The van der Waals surface area contributed by atoms with Crippen LogP contribution in [0.5, 0.6) is 0 Å². The van der Waals surface area contributed by atoms with Crippen molar-refractivity contribution in [2.24, 2.45) is 10.8 Å². The van der Waals surface area contributed by atoms with Crippen LogP contribution in [-0.2, 0) is 0 Å². The number of rotatable bonds is 3. The summed E-state index contributed by atoms with van der Waals surface area (Å²) in [5.74, 6) is 6.98. The van der Waals surface area contributed by atoms with Crippen LogP contribution in [0.1, 0.15) is 66.8 Å². The molecule has 2 saturated carbocycles. The molecule has 0 aliphatic heterocycles. The van der Waals surface area contributed by atoms with E-state index in [9.17, 15) is 4.79 Å². The Hall–Kier alpha value is -2.54. The minimum Gasteiger partial charge on any atom is -0.292 e. The van der Waals surface area contributed by atoms with Gasteiger partial charge in [-0.2, -0.15) is 0 Å². The molecule has 0 spiro atoms. The summed E-state index contributed by atoms with van der Waals surface area (Å²) in [6, 6.07) is 5.96. The van der Waals surface area contributed by atoms with Gasteiger partial charge in [-0.05, 0) is 62.5 Å². The lowest BCUT2D eigenvalue weighted by atomic mass is 9.67. The van der Waals surface area contributed by atoms with E-state index in [4.69, 9.17) is 0 Å². The van der Waals surface area contributed by atoms with E-state index in [0.717, 1.165) is 49.9 Å². The van der Waals surface area contributed by atoms with Gasteiger partial charge in [0.1, 0.15) is 11.4 Å². The number of hydrogen-bond donors (Lipinski definition) is 0. The van der Waals surface area contributed by atoms with Crippen molar-refractivity contribution >= 4 is 5.78 Å². The zero-order valence-corrected chi connectivity index (χ0v) is 15.2. The highest BCUT2D eigenvalue weighted by Gasteiger charge is 2.51. The molecule has 2 unspecified atom stereocenters. The van der Waals surface area contributed by atoms with Crippen LogP contribution >= 0.6 is 0 Å². The van der Waals surface area contributed by atoms with Gasteiger partial charge < -0.3 is 0 Å². The first-order valence-electron chi connectivity index (χ1n) is 9.34. The molecule has 2 aromatic heterocycles. The van der Waals surface area contributed by atoms with Gasteiger partial charge in [-0.1, -0.05) is 18.4 Å². The van der Waals surface area contributed by atoms with Crippen LogP contribution in [0.25, 0.3) is 0 Å². The first-order valence-corrected chi connectivity index (χ1v) is 9.34. The third-order valence-corrected chi connectivity index (χ3v) is 5.94. The molecule has 2 atom stereocenters. The maximum atomic E-state index is 12.7. The number of nitrogens with zero attached hydrogens (tertiary/aromatic N) is 3. The summed E-state index contributed by atoms with van der Waals surface area (Å²) in [5.41, 5.74) is 2.46. The second-order valence-corrected chi connectivity index (χ2v) is 7.92. The number of carbonyl (C=O) groups excluding carboxylic acids is 1. The maximum absolute atomic E-state index is 12.7. The fourth-order valence-electron chi connectivity index (χ4n) is 4.72. The van der Waals surface area contributed by atoms with E-state index in [1.165, 1.54) is 0 Å². The Morgan fingerprint density at radius 2 is 2.12 bits per heavy atom. The number of aryl methyl sites for hydroxylation is 1. The highest BCUT2D eigenvalue weighted by molar-refractivity contribution is 5.94. The van der Waals surface area contributed by atoms with Crippen molar-refractivity contribution in [3.63, 3.8) is 0 Å². The van der Waals surface area contributed by atoms with E-state index in [1.54, 1.807) is 18.6 Å². The van der Waals surface area contributed by atoms with Crippen molar-refractivity contribution in [2.75, 3.05) is 0 Å². The molecule has 132 valence electrons. The third kappa shape index (κ3) is 3.39. The number of carbonyl (C=O) groups is 1. The Kier molecular flexibility index (Phi) is 4.32. The number of aromatic nitrogens is 3. The zero-order chi connectivity index (χ0) is 18.0. The topological polar surface area (TPSA) is 55.7 Å². The predicted molar refractivity (Wildman–Crippen MR) is 99.4 cm³/mol. The monoisotopic (exact) mass is 345 g/mol. The molecule has 2 aromatic rings. The molecule has 26 heavy (non-hydrogen) atoms. The Bertz CT molecular complexity index is 883. The lowest BCUT2D eigenvalue weighted by molar-refractivity contribution is 0.0856. The predicted octanol–water partition coefficient (Wildman–Crippen LogP) is 4.15. The minimum atomic E-state index is 0.0479. The van der Waals surface area contributed by atoms with Crippen molar-refractivity contribution in [3.8, 4) is 11.8 Å². The van der Waals surface area contributed by atoms with Gasteiger partial charge in [-0.25, -0.2) is 9.97 Å². The molecule has 0 aromatic carbocycles. The fraction of sp³-hybridized carbons (Fsp3) is 0.455. The molecule has 2 bridgehead atoms. The molecule has 2 aliphatic carbocycles. The second-order valence-electron chi connectivity index (χ2n) is 7.92. The molecule has 0 saturated heterocycles. The normalized spacial score (nSPS) is 26.8. The summed E-state index contributed by atoms with van der Waals surface area (Å²) in [6.07, 6.45) is 11.9. The molecule has 4 rings (SSSR count). The average Bonchev–Trinajstić information content (AvgIpc) is 2.91. The smallest absolute Gasteiger partial charge is 0.183 e. The molecule has 4 heteroatoms. The molecule has 0 radical (unpaired) electrons. The molecule has 0 amide bonds. The third-order valence-electron chi connectivity index (χ3n) is 5.94. The van der Waals surface area contributed by atoms with E-state index in [2.05, 4.69) is 26.8 Å². The fourth-order valence-corrected chi connectivity index (χ4v) is 4.72. The number of Topliss-reactive ketones (excluding diaryl/α,β-unsaturated/α-hetero) is 1. The number of ketones is 1. The van der Waals surface area contributed by atoms with Crippen LogP contribution < -0.4 is 0 Å². The van der Waals surface area contributed by atoms with Crippen LogP contribution in [0.15, 0.2) is 36.8 Å². The molecular weight excluding hydrogens is 322 g/mol. The summed E-state index contributed by atoms with van der Waals surface area (Å²) in [5, 5.41) is 0. The van der Waals surface area contributed by atoms with Gasteiger partial charge in [0.25, 0.3) is 0 Å². The Morgan fingerprint density at radius 1 is 1.19 bits per heavy atom. The van der Waals surface area contributed by atoms with Crippen molar-refractivity contribution in [3.05, 3.63) is 53.9 Å². The number of pyridine rings is 1. The summed E-state index contributed by atoms with van der Waals surface area (Å²) in [6.45, 7) is 1.99. The van der Waals surface area contributed by atoms with Gasteiger partial charge in [0.05, 0.1) is 6.20 Å². The quantitative estimate of drug-likeness (QED) is 0.619. The van der Waals surface area contributed by atoms with E-state index in [1.807, 2.05) is 25.1 Å². The van der Waals surface area contributed by atoms with Crippen molar-refractivity contribution in [2.45, 2.75) is 51.9 Å². The number of hydrogen-bond acceptors (Lipinski definition) is 4. The maximum Gasteiger partial charge on any atom is 0.183 e. The molecule has 2 fully saturated rings. The van der Waals surface area contributed by atoms with Gasteiger partial charge in [0.15, 0.2) is 5.78 Å². The van der Waals surface area contributed by atoms with Crippen LogP contribution in [0.2, 0.25) is 0 Å². The zero-order valence-electron chi connectivity index (χ0n) is 15.2. The molecule has 0 N–H and O–H groups in total. The van der Waals surface area contributed by atoms with E-state index in [-0.39, 0.29) is 16.6 Å². The lowest BCUT2D eigenvalue weighted by Gasteiger charge is -2.36. The lowest BCUT2D eigenvalue weighted by Crippen LogP contribution is -2.29. The Morgan fingerprint density at radius 3 is 2.92 bits per heavy atom. The average molecular weight is 345 g/mol. The molecule has 4 nitrogen and oxygen atoms in total. The molecule has 2 aliphatic rings. The van der Waals surface area contributed by atoms with Crippen LogP contribution in [0.3, 0.4) is 0 Å². The first kappa shape index (κ1) is 16.9. The Labute approximate surface area is 154 Å². The van der Waals surface area contributed by atoms with E-state index < -0.39 is 0 Å². The van der Waals surface area contributed by atoms with Gasteiger partial charge in [0.2, 0.25) is 0 Å². The Balaban J connectivity index is 1.52. The summed E-state index contributed by atoms with van der Waals surface area (Å²) < 4.78 is 0. The molecular formula is C22H23N3O. The summed E-state index contributed by atoms with van der Waals surface area (Å²) >= 11 is 0. The van der Waals surface area contributed by atoms with E-state index in [0.29, 0.717) is 12.1 Å². The summed E-state index contributed by atoms with van der Waals surface area (Å²) in [4.78, 5) is 25.4. The summed E-state index contributed by atoms with van der Waals surface area (Å²) in [7, 11) is 0. The van der Waals surface area contributed by atoms with Gasteiger partial charge in [-0.3, -0.25) is 9.78 Å². The van der Waals surface area contributed by atoms with Gasteiger partial charge in [0, 0.05) is 29.9 Å². The van der Waals surface area contributed by atoms with Crippen LogP contribution in [-0.4, -0.2) is 20.7 Å². The second kappa shape index (κ2) is 6.64. The van der Waals surface area contributed by atoms with Crippen LogP contribution in [0.4, 0.5) is 0 Å². The van der Waals surface area contributed by atoms with Crippen molar-refractivity contribution < 1.29 is 4.79 Å². The number of fused-ring (bicyclic) bond motifs is 2. The van der Waals surface area contributed by atoms with Gasteiger partial charge >= 0.3 is 0 Å². The van der Waals surface area contributed by atoms with Crippen molar-refractivity contribution in [1.29, 1.82) is 0 Å². The highest BCUT2D eigenvalue weighted by atomic mass is 16.1. The standard InChI is InChI=1S/C22H23N3O/c1-17-4-2-5-18(25-17)6-9-21-7-3-8-22(16-21,11-10-21)14-20(26)19-15-23-12-13-24-19/h2,4-5,12-13,15H,3,7-8,10-11,14,16H2,1H3. The minimum absolute atomic E-state index is 0.0479. The van der Waals surface area contributed by atoms with E-state index >= 15 is 0 Å². The largest absolute Gasteiger partial charge is 0.292 e. The first-order chi connectivity index (χ1) is 12.6. The highest BCUT2D eigenvalue weighted by Crippen LogP contribution is 2.60. The van der Waals surface area contributed by atoms with Gasteiger partial charge in [-0.15, -0.1) is 0 Å². The molecule has 2 heterocycles. The van der Waals surface area contributed by atoms with Crippen LogP contribution in [0, 0.1) is 29.6 Å². The SMILES string of the molecule is Cc1cccc(C#CC23CCCC(CC(=O)c4cnccn4)(CC2)C3)n1. The van der Waals surface area contributed by atoms with Crippen molar-refractivity contribution in [1.82, 2.24) is 15.0 Å².